The highest BCUT2D eigenvalue weighted by atomic mass is 16.5. The van der Waals surface area contributed by atoms with Crippen molar-refractivity contribution in [2.45, 2.75) is 26.3 Å². The lowest BCUT2D eigenvalue weighted by atomic mass is 10.1. The molecule has 1 heterocycles. The van der Waals surface area contributed by atoms with E-state index in [1.165, 1.54) is 0 Å². The zero-order chi connectivity index (χ0) is 11.3. The third-order valence-electron chi connectivity index (χ3n) is 2.80. The van der Waals surface area contributed by atoms with Crippen LogP contribution < -0.4 is 5.32 Å². The Morgan fingerprint density at radius 3 is 3.00 bits per heavy atom. The topological polar surface area (TPSA) is 41.6 Å². The van der Waals surface area contributed by atoms with E-state index in [4.69, 9.17) is 4.74 Å². The van der Waals surface area contributed by atoms with Gasteiger partial charge in [0.1, 0.15) is 0 Å². The van der Waals surface area contributed by atoms with Crippen molar-refractivity contribution in [1.29, 1.82) is 0 Å². The fourth-order valence-electron chi connectivity index (χ4n) is 1.97. The van der Waals surface area contributed by atoms with Crippen LogP contribution in [0.2, 0.25) is 0 Å². The van der Waals surface area contributed by atoms with E-state index in [1.54, 1.807) is 7.11 Å². The molecule has 1 N–H and O–H groups in total. The summed E-state index contributed by atoms with van der Waals surface area (Å²) in [6.45, 7) is 7.45. The van der Waals surface area contributed by atoms with Crippen molar-refractivity contribution in [3.63, 3.8) is 0 Å². The lowest BCUT2D eigenvalue weighted by molar-refractivity contribution is -0.135. The van der Waals surface area contributed by atoms with Gasteiger partial charge in [0, 0.05) is 45.8 Å². The first-order chi connectivity index (χ1) is 7.15. The zero-order valence-corrected chi connectivity index (χ0v) is 9.95. The Kier molecular flexibility index (Phi) is 5.05. The predicted molar refractivity (Wildman–Crippen MR) is 59.7 cm³/mol. The number of methoxy groups -OCH3 is 1. The van der Waals surface area contributed by atoms with Crippen LogP contribution in [-0.2, 0) is 9.53 Å². The van der Waals surface area contributed by atoms with Gasteiger partial charge in [-0.1, -0.05) is 6.92 Å². The number of nitrogens with zero attached hydrogens (tertiary/aromatic N) is 1. The molecule has 1 rings (SSSR count). The van der Waals surface area contributed by atoms with E-state index in [0.717, 1.165) is 19.6 Å². The third kappa shape index (κ3) is 3.80. The molecule has 4 heteroatoms. The Labute approximate surface area is 92.0 Å². The van der Waals surface area contributed by atoms with Crippen LogP contribution in [-0.4, -0.2) is 50.2 Å². The van der Waals surface area contributed by atoms with Gasteiger partial charge in [0.25, 0.3) is 0 Å². The molecule has 1 amide bonds. The maximum atomic E-state index is 11.9. The third-order valence-corrected chi connectivity index (χ3v) is 2.80. The van der Waals surface area contributed by atoms with Crippen molar-refractivity contribution >= 4 is 5.91 Å². The van der Waals surface area contributed by atoms with Gasteiger partial charge in [-0.2, -0.15) is 0 Å². The number of nitrogens with one attached hydrogen (secondary N) is 1. The zero-order valence-electron chi connectivity index (χ0n) is 9.95. The Hall–Kier alpha value is -0.610. The van der Waals surface area contributed by atoms with Crippen molar-refractivity contribution in [1.82, 2.24) is 10.2 Å². The van der Waals surface area contributed by atoms with E-state index in [0.29, 0.717) is 25.0 Å². The molecule has 1 fully saturated rings. The van der Waals surface area contributed by atoms with Gasteiger partial charge in [0.2, 0.25) is 5.91 Å². The second-order valence-electron chi connectivity index (χ2n) is 4.40. The van der Waals surface area contributed by atoms with Gasteiger partial charge in [-0.25, -0.2) is 0 Å². The van der Waals surface area contributed by atoms with Crippen LogP contribution in [0.1, 0.15) is 20.3 Å². The lowest BCUT2D eigenvalue weighted by Crippen LogP contribution is -2.52. The first-order valence-electron chi connectivity index (χ1n) is 5.64. The van der Waals surface area contributed by atoms with Gasteiger partial charge in [-0.15, -0.1) is 0 Å². The summed E-state index contributed by atoms with van der Waals surface area (Å²) < 4.78 is 5.04. The number of hydrogen-bond acceptors (Lipinski definition) is 3. The highest BCUT2D eigenvalue weighted by Gasteiger charge is 2.23. The number of piperazine rings is 1. The molecule has 2 atom stereocenters. The number of carbonyl (C=O) groups is 1. The van der Waals surface area contributed by atoms with E-state index < -0.39 is 0 Å². The van der Waals surface area contributed by atoms with Crippen molar-refractivity contribution in [3.05, 3.63) is 0 Å². The molecular formula is C11H22N2O2. The molecular weight excluding hydrogens is 192 g/mol. The predicted octanol–water partition coefficient (Wildman–Crippen LogP) is 0.479. The molecule has 4 nitrogen and oxygen atoms in total. The van der Waals surface area contributed by atoms with E-state index in [-0.39, 0.29) is 5.91 Å². The van der Waals surface area contributed by atoms with Crippen LogP contribution in [0.25, 0.3) is 0 Å². The Bertz CT molecular complexity index is 209. The molecule has 0 aromatic heterocycles. The highest BCUT2D eigenvalue weighted by Crippen LogP contribution is 2.10. The molecule has 0 spiro atoms. The first-order valence-corrected chi connectivity index (χ1v) is 5.64. The average molecular weight is 214 g/mol. The summed E-state index contributed by atoms with van der Waals surface area (Å²) in [7, 11) is 1.68. The molecule has 0 bridgehead atoms. The number of amides is 1. The summed E-state index contributed by atoms with van der Waals surface area (Å²) in [6, 6.07) is 0.320. The maximum Gasteiger partial charge on any atom is 0.223 e. The quantitative estimate of drug-likeness (QED) is 0.740. The average Bonchev–Trinajstić information content (AvgIpc) is 2.18. The van der Waals surface area contributed by atoms with E-state index >= 15 is 0 Å². The molecule has 1 aliphatic rings. The number of hydrogen-bond donors (Lipinski definition) is 1. The fourth-order valence-corrected chi connectivity index (χ4v) is 1.97. The molecule has 1 aliphatic heterocycles. The van der Waals surface area contributed by atoms with E-state index in [2.05, 4.69) is 12.2 Å². The molecule has 15 heavy (non-hydrogen) atoms. The summed E-state index contributed by atoms with van der Waals surface area (Å²) in [5.41, 5.74) is 0. The SMILES string of the molecule is COCC(C)CC(=O)N1CCNCC1C. The molecule has 0 saturated carbocycles. The van der Waals surface area contributed by atoms with Gasteiger partial charge in [-0.3, -0.25) is 4.79 Å². The molecule has 0 aliphatic carbocycles. The molecule has 0 radical (unpaired) electrons. The van der Waals surface area contributed by atoms with Gasteiger partial charge < -0.3 is 15.0 Å². The van der Waals surface area contributed by atoms with Crippen LogP contribution in [0.15, 0.2) is 0 Å². The van der Waals surface area contributed by atoms with Gasteiger partial charge in [-0.05, 0) is 12.8 Å². The molecule has 88 valence electrons. The van der Waals surface area contributed by atoms with Crippen LogP contribution in [0.4, 0.5) is 0 Å². The second-order valence-corrected chi connectivity index (χ2v) is 4.40. The van der Waals surface area contributed by atoms with Crippen LogP contribution in [0, 0.1) is 5.92 Å². The van der Waals surface area contributed by atoms with Crippen molar-refractivity contribution in [3.8, 4) is 0 Å². The largest absolute Gasteiger partial charge is 0.384 e. The standard InChI is InChI=1S/C11H22N2O2/c1-9(8-15-3)6-11(14)13-5-4-12-7-10(13)2/h9-10,12H,4-8H2,1-3H3. The fraction of sp³-hybridized carbons (Fsp3) is 0.909. The van der Waals surface area contributed by atoms with E-state index in [9.17, 15) is 4.79 Å². The van der Waals surface area contributed by atoms with Crippen molar-refractivity contribution in [2.24, 2.45) is 5.92 Å². The molecule has 1 saturated heterocycles. The van der Waals surface area contributed by atoms with Crippen LogP contribution >= 0.6 is 0 Å². The summed E-state index contributed by atoms with van der Waals surface area (Å²) in [6.07, 6.45) is 0.595. The minimum Gasteiger partial charge on any atom is -0.384 e. The first kappa shape index (κ1) is 12.5. The smallest absolute Gasteiger partial charge is 0.223 e. The summed E-state index contributed by atoms with van der Waals surface area (Å²) in [4.78, 5) is 13.9. The highest BCUT2D eigenvalue weighted by molar-refractivity contribution is 5.76. The Morgan fingerprint density at radius 2 is 2.40 bits per heavy atom. The Morgan fingerprint density at radius 1 is 1.67 bits per heavy atom. The number of carbonyl (C=O) groups excluding carboxylic acids is 1. The molecule has 0 aromatic carbocycles. The van der Waals surface area contributed by atoms with Crippen molar-refractivity contribution in [2.75, 3.05) is 33.4 Å². The molecule has 2 unspecified atom stereocenters. The Balaban J connectivity index is 2.37. The van der Waals surface area contributed by atoms with Gasteiger partial charge in [0.15, 0.2) is 0 Å². The molecule has 0 aromatic rings. The minimum absolute atomic E-state index is 0.258. The van der Waals surface area contributed by atoms with Crippen LogP contribution in [0.5, 0.6) is 0 Å². The summed E-state index contributed by atoms with van der Waals surface area (Å²) >= 11 is 0. The van der Waals surface area contributed by atoms with Crippen LogP contribution in [0.3, 0.4) is 0 Å². The second kappa shape index (κ2) is 6.08. The van der Waals surface area contributed by atoms with E-state index in [1.807, 2.05) is 11.8 Å². The minimum atomic E-state index is 0.258. The van der Waals surface area contributed by atoms with Crippen molar-refractivity contribution < 1.29 is 9.53 Å². The normalized spacial score (nSPS) is 23.9. The number of ether oxygens (including phenoxy) is 1. The lowest BCUT2D eigenvalue weighted by Gasteiger charge is -2.34. The van der Waals surface area contributed by atoms with Gasteiger partial charge in [0.05, 0.1) is 0 Å². The number of rotatable bonds is 4. The summed E-state index contributed by atoms with van der Waals surface area (Å²) in [5, 5.41) is 3.28. The summed E-state index contributed by atoms with van der Waals surface area (Å²) in [5.74, 6) is 0.568. The maximum absolute atomic E-state index is 11.9. The van der Waals surface area contributed by atoms with Gasteiger partial charge >= 0.3 is 0 Å². The monoisotopic (exact) mass is 214 g/mol.